The van der Waals surface area contributed by atoms with Crippen LogP contribution in [0.2, 0.25) is 0 Å². The topological polar surface area (TPSA) is 37.8 Å². The van der Waals surface area contributed by atoms with Crippen molar-refractivity contribution < 1.29 is 0 Å². The Hall–Kier alpha value is -1.26. The lowest BCUT2D eigenvalue weighted by atomic mass is 10.1. The van der Waals surface area contributed by atoms with E-state index in [-0.39, 0.29) is 6.04 Å². The van der Waals surface area contributed by atoms with Crippen LogP contribution in [0, 0.1) is 13.8 Å². The Morgan fingerprint density at radius 1 is 1.26 bits per heavy atom. The van der Waals surface area contributed by atoms with Crippen molar-refractivity contribution in [2.24, 2.45) is 0 Å². The van der Waals surface area contributed by atoms with Gasteiger partial charge in [0.05, 0.1) is 6.04 Å². The number of benzene rings is 1. The molecule has 102 valence electrons. The van der Waals surface area contributed by atoms with Crippen LogP contribution in [0.4, 0.5) is 0 Å². The van der Waals surface area contributed by atoms with Crippen molar-refractivity contribution >= 4 is 11.3 Å². The van der Waals surface area contributed by atoms with Crippen molar-refractivity contribution in [2.45, 2.75) is 40.2 Å². The molecule has 0 amide bonds. The molecule has 1 heterocycles. The molecule has 1 aromatic heterocycles. The minimum absolute atomic E-state index is 0.274. The van der Waals surface area contributed by atoms with Crippen LogP contribution >= 0.6 is 11.3 Å². The third-order valence-corrected chi connectivity index (χ3v) is 4.27. The number of hydrogen-bond acceptors (Lipinski definition) is 4. The quantitative estimate of drug-likeness (QED) is 0.899. The predicted molar refractivity (Wildman–Crippen MR) is 81.5 cm³/mol. The summed E-state index contributed by atoms with van der Waals surface area (Å²) in [6, 6.07) is 6.73. The van der Waals surface area contributed by atoms with E-state index in [1.165, 1.54) is 16.7 Å². The highest BCUT2D eigenvalue weighted by molar-refractivity contribution is 7.14. The number of hydrogen-bond donors (Lipinski definition) is 1. The molecule has 2 aromatic rings. The molecule has 0 aliphatic heterocycles. The Balaban J connectivity index is 2.23. The Morgan fingerprint density at radius 3 is 2.79 bits per heavy atom. The smallest absolute Gasteiger partial charge is 0.148 e. The van der Waals surface area contributed by atoms with Crippen LogP contribution in [0.15, 0.2) is 18.2 Å². The van der Waals surface area contributed by atoms with Gasteiger partial charge in [-0.3, -0.25) is 0 Å². The summed E-state index contributed by atoms with van der Waals surface area (Å²) in [5.74, 6) is 0. The molecule has 1 atom stereocenters. The Morgan fingerprint density at radius 2 is 2.05 bits per heavy atom. The van der Waals surface area contributed by atoms with Gasteiger partial charge >= 0.3 is 0 Å². The molecule has 0 aliphatic rings. The summed E-state index contributed by atoms with van der Waals surface area (Å²) in [5, 5.41) is 14.2. The van der Waals surface area contributed by atoms with Gasteiger partial charge in [0.15, 0.2) is 0 Å². The summed E-state index contributed by atoms with van der Waals surface area (Å²) in [7, 11) is 0. The predicted octanol–water partition coefficient (Wildman–Crippen LogP) is 3.88. The number of nitrogens with one attached hydrogen (secondary N) is 1. The molecule has 0 radical (unpaired) electrons. The molecule has 2 rings (SSSR count). The van der Waals surface area contributed by atoms with Gasteiger partial charge in [-0.05, 0) is 45.4 Å². The Bertz CT molecular complexity index is 548. The number of aromatic nitrogens is 2. The maximum absolute atomic E-state index is 4.35. The monoisotopic (exact) mass is 275 g/mol. The van der Waals surface area contributed by atoms with Gasteiger partial charge in [0.1, 0.15) is 10.0 Å². The van der Waals surface area contributed by atoms with Gasteiger partial charge in [-0.15, -0.1) is 10.2 Å². The van der Waals surface area contributed by atoms with Gasteiger partial charge in [0.2, 0.25) is 0 Å². The normalized spacial score (nSPS) is 12.6. The molecule has 0 saturated heterocycles. The second kappa shape index (κ2) is 6.26. The van der Waals surface area contributed by atoms with E-state index in [0.717, 1.165) is 23.0 Å². The lowest BCUT2D eigenvalue weighted by Gasteiger charge is -2.08. The first-order chi connectivity index (χ1) is 9.11. The minimum Gasteiger partial charge on any atom is -0.308 e. The number of rotatable bonds is 5. The highest BCUT2D eigenvalue weighted by Crippen LogP contribution is 2.29. The van der Waals surface area contributed by atoms with Crippen LogP contribution in [-0.2, 0) is 0 Å². The van der Waals surface area contributed by atoms with Crippen molar-refractivity contribution in [2.75, 3.05) is 6.54 Å². The molecular formula is C15H21N3S. The van der Waals surface area contributed by atoms with Crippen LogP contribution in [0.3, 0.4) is 0 Å². The molecule has 0 bridgehead atoms. The Labute approximate surface area is 119 Å². The number of aryl methyl sites for hydroxylation is 2. The Kier molecular flexibility index (Phi) is 4.66. The fraction of sp³-hybridized carbons (Fsp3) is 0.467. The summed E-state index contributed by atoms with van der Waals surface area (Å²) in [5.41, 5.74) is 3.71. The maximum Gasteiger partial charge on any atom is 0.148 e. The van der Waals surface area contributed by atoms with Crippen LogP contribution < -0.4 is 5.32 Å². The summed E-state index contributed by atoms with van der Waals surface area (Å²) < 4.78 is 0. The third kappa shape index (κ3) is 3.39. The van der Waals surface area contributed by atoms with Gasteiger partial charge in [-0.1, -0.05) is 36.0 Å². The first kappa shape index (κ1) is 14.2. The first-order valence-corrected chi connectivity index (χ1v) is 7.58. The zero-order valence-corrected chi connectivity index (χ0v) is 12.8. The van der Waals surface area contributed by atoms with E-state index in [4.69, 9.17) is 0 Å². The van der Waals surface area contributed by atoms with Crippen molar-refractivity contribution in [3.63, 3.8) is 0 Å². The molecule has 0 aliphatic carbocycles. The van der Waals surface area contributed by atoms with Crippen LogP contribution in [-0.4, -0.2) is 16.7 Å². The fourth-order valence-corrected chi connectivity index (χ4v) is 2.88. The average Bonchev–Trinajstić information content (AvgIpc) is 2.88. The molecule has 0 spiro atoms. The van der Waals surface area contributed by atoms with Crippen LogP contribution in [0.1, 0.15) is 42.4 Å². The second-order valence-corrected chi connectivity index (χ2v) is 5.95. The molecule has 1 aromatic carbocycles. The van der Waals surface area contributed by atoms with Gasteiger partial charge < -0.3 is 5.32 Å². The van der Waals surface area contributed by atoms with Gasteiger partial charge in [-0.25, -0.2) is 0 Å². The van der Waals surface area contributed by atoms with E-state index >= 15 is 0 Å². The summed E-state index contributed by atoms with van der Waals surface area (Å²) in [6.07, 6.45) is 1.13. The van der Waals surface area contributed by atoms with E-state index in [9.17, 15) is 0 Å². The second-order valence-electron chi connectivity index (χ2n) is 4.94. The zero-order chi connectivity index (χ0) is 13.8. The zero-order valence-electron chi connectivity index (χ0n) is 12.0. The molecule has 0 saturated carbocycles. The summed E-state index contributed by atoms with van der Waals surface area (Å²) in [4.78, 5) is 0. The molecule has 4 heteroatoms. The van der Waals surface area contributed by atoms with Crippen molar-refractivity contribution in [3.8, 4) is 10.6 Å². The molecule has 1 unspecified atom stereocenters. The van der Waals surface area contributed by atoms with E-state index < -0.39 is 0 Å². The van der Waals surface area contributed by atoms with E-state index in [0.29, 0.717) is 0 Å². The van der Waals surface area contributed by atoms with Gasteiger partial charge in [0.25, 0.3) is 0 Å². The van der Waals surface area contributed by atoms with Crippen LogP contribution in [0.5, 0.6) is 0 Å². The van der Waals surface area contributed by atoms with Crippen molar-refractivity contribution in [1.29, 1.82) is 0 Å². The maximum atomic E-state index is 4.35. The summed E-state index contributed by atoms with van der Waals surface area (Å²) >= 11 is 1.68. The SMILES string of the molecule is CCCNC(C)c1nnc(-c2cc(C)ccc2C)s1. The van der Waals surface area contributed by atoms with Gasteiger partial charge in [-0.2, -0.15) is 0 Å². The molecule has 19 heavy (non-hydrogen) atoms. The minimum atomic E-state index is 0.274. The van der Waals surface area contributed by atoms with Crippen LogP contribution in [0.25, 0.3) is 10.6 Å². The third-order valence-electron chi connectivity index (χ3n) is 3.14. The van der Waals surface area contributed by atoms with E-state index in [1.807, 2.05) is 0 Å². The highest BCUT2D eigenvalue weighted by Gasteiger charge is 2.13. The lowest BCUT2D eigenvalue weighted by Crippen LogP contribution is -2.18. The molecular weight excluding hydrogens is 254 g/mol. The standard InChI is InChI=1S/C15H21N3S/c1-5-8-16-12(4)14-17-18-15(19-14)13-9-10(2)6-7-11(13)3/h6-7,9,12,16H,5,8H2,1-4H3. The molecule has 3 nitrogen and oxygen atoms in total. The average molecular weight is 275 g/mol. The van der Waals surface area contributed by atoms with Gasteiger partial charge in [0, 0.05) is 5.56 Å². The number of nitrogens with zero attached hydrogens (tertiary/aromatic N) is 2. The van der Waals surface area contributed by atoms with E-state index in [1.54, 1.807) is 11.3 Å². The molecule has 0 fully saturated rings. The molecule has 1 N–H and O–H groups in total. The first-order valence-electron chi connectivity index (χ1n) is 6.76. The van der Waals surface area contributed by atoms with E-state index in [2.05, 4.69) is 61.4 Å². The van der Waals surface area contributed by atoms with Crippen molar-refractivity contribution in [3.05, 3.63) is 34.3 Å². The summed E-state index contributed by atoms with van der Waals surface area (Å²) in [6.45, 7) is 9.55. The van der Waals surface area contributed by atoms with Crippen molar-refractivity contribution in [1.82, 2.24) is 15.5 Å². The highest BCUT2D eigenvalue weighted by atomic mass is 32.1. The lowest BCUT2D eigenvalue weighted by molar-refractivity contribution is 0.564. The largest absolute Gasteiger partial charge is 0.308 e. The fourth-order valence-electron chi connectivity index (χ4n) is 1.93.